The van der Waals surface area contributed by atoms with Gasteiger partial charge in [0.1, 0.15) is 11.2 Å². The van der Waals surface area contributed by atoms with E-state index in [1.54, 1.807) is 0 Å². The summed E-state index contributed by atoms with van der Waals surface area (Å²) in [7, 11) is 0. The number of para-hydroxylation sites is 3. The Morgan fingerprint density at radius 1 is 0.452 bits per heavy atom. The van der Waals surface area contributed by atoms with Crippen LogP contribution in [0.1, 0.15) is 51.7 Å². The molecule has 1 aliphatic carbocycles. The molecule has 298 valence electrons. The predicted molar refractivity (Wildman–Crippen MR) is 256 cm³/mol. The summed E-state index contributed by atoms with van der Waals surface area (Å²) in [6, 6.07) is 60.4. The molecule has 0 aliphatic heterocycles. The zero-order valence-corrected chi connectivity index (χ0v) is 35.3. The Bertz CT molecular complexity index is 3550. The molecule has 5 nitrogen and oxygen atoms in total. The van der Waals surface area contributed by atoms with E-state index >= 15 is 0 Å². The van der Waals surface area contributed by atoms with Gasteiger partial charge in [0.2, 0.25) is 0 Å². The average molecular weight is 801 g/mol. The second-order valence-corrected chi connectivity index (χ2v) is 18.3. The standard InChI is InChI=1S/C57H44N4O/c1-56(2)30-31-57(3,4)47-34-37(28-29-46(47)56)41-20-12-21-44-51-45(22-13-25-50(51)62-52(41)44)55-59-53(58-54(60-55)39-27-26-35-14-5-6-15-36(35)32-39)38-16-11-17-40(33-38)61-48-23-9-7-18-42(48)43-19-8-10-24-49(43)61/h5-29,32-34H,30-31H2,1-4H3. The molecular formula is C57H44N4O. The Kier molecular flexibility index (Phi) is 7.98. The van der Waals surface area contributed by atoms with E-state index in [-0.39, 0.29) is 10.8 Å². The number of aromatic nitrogens is 4. The van der Waals surface area contributed by atoms with Gasteiger partial charge in [0.15, 0.2) is 17.5 Å². The van der Waals surface area contributed by atoms with Crippen LogP contribution >= 0.6 is 0 Å². The highest BCUT2D eigenvalue weighted by molar-refractivity contribution is 6.15. The molecule has 0 saturated heterocycles. The van der Waals surface area contributed by atoms with Crippen LogP contribution in [-0.2, 0) is 10.8 Å². The second kappa shape index (κ2) is 13.6. The van der Waals surface area contributed by atoms with Crippen molar-refractivity contribution in [2.75, 3.05) is 0 Å². The van der Waals surface area contributed by atoms with Gasteiger partial charge in [-0.1, -0.05) is 161 Å². The topological polar surface area (TPSA) is 56.7 Å². The normalized spacial score (nSPS) is 14.6. The maximum absolute atomic E-state index is 6.87. The van der Waals surface area contributed by atoms with E-state index < -0.39 is 0 Å². The molecule has 3 heterocycles. The summed E-state index contributed by atoms with van der Waals surface area (Å²) in [5.74, 6) is 1.81. The third-order valence-corrected chi connectivity index (χ3v) is 13.5. The van der Waals surface area contributed by atoms with Crippen molar-refractivity contribution in [2.45, 2.75) is 51.4 Å². The molecule has 0 unspecified atom stereocenters. The number of furan rings is 1. The number of nitrogens with zero attached hydrogens (tertiary/aromatic N) is 4. The van der Waals surface area contributed by atoms with Crippen LogP contribution in [0.15, 0.2) is 174 Å². The predicted octanol–water partition coefficient (Wildman–Crippen LogP) is 15.0. The van der Waals surface area contributed by atoms with Crippen molar-refractivity contribution in [2.24, 2.45) is 0 Å². The van der Waals surface area contributed by atoms with Crippen molar-refractivity contribution in [1.82, 2.24) is 19.5 Å². The summed E-state index contributed by atoms with van der Waals surface area (Å²) in [5, 5.41) is 6.76. The molecule has 5 heteroatoms. The summed E-state index contributed by atoms with van der Waals surface area (Å²) < 4.78 is 9.20. The lowest BCUT2D eigenvalue weighted by Gasteiger charge is -2.42. The van der Waals surface area contributed by atoms with Crippen molar-refractivity contribution in [3.8, 4) is 51.0 Å². The number of fused-ring (bicyclic) bond motifs is 8. The molecule has 8 aromatic carbocycles. The first-order valence-electron chi connectivity index (χ1n) is 21.6. The number of hydrogen-bond donors (Lipinski definition) is 0. The van der Waals surface area contributed by atoms with Crippen molar-refractivity contribution in [3.05, 3.63) is 181 Å². The first-order valence-corrected chi connectivity index (χ1v) is 21.6. The molecule has 0 saturated carbocycles. The minimum atomic E-state index is 0.0952. The Balaban J connectivity index is 1.06. The van der Waals surface area contributed by atoms with Crippen LogP contribution in [0.5, 0.6) is 0 Å². The van der Waals surface area contributed by atoms with E-state index in [0.29, 0.717) is 17.5 Å². The van der Waals surface area contributed by atoms with E-state index in [4.69, 9.17) is 19.4 Å². The third-order valence-electron chi connectivity index (χ3n) is 13.5. The van der Waals surface area contributed by atoms with Gasteiger partial charge in [0, 0.05) is 49.5 Å². The molecule has 11 aromatic rings. The van der Waals surface area contributed by atoms with E-state index in [0.717, 1.165) is 72.7 Å². The van der Waals surface area contributed by atoms with Crippen LogP contribution < -0.4 is 0 Å². The zero-order chi connectivity index (χ0) is 41.7. The Morgan fingerprint density at radius 2 is 1.05 bits per heavy atom. The van der Waals surface area contributed by atoms with Gasteiger partial charge in [-0.25, -0.2) is 15.0 Å². The monoisotopic (exact) mass is 800 g/mol. The molecular weight excluding hydrogens is 757 g/mol. The van der Waals surface area contributed by atoms with Gasteiger partial charge >= 0.3 is 0 Å². The maximum atomic E-state index is 6.87. The van der Waals surface area contributed by atoms with Crippen LogP contribution in [0, 0.1) is 0 Å². The minimum absolute atomic E-state index is 0.0952. The number of rotatable bonds is 5. The quantitative estimate of drug-likeness (QED) is 0.174. The van der Waals surface area contributed by atoms with Gasteiger partial charge in [-0.05, 0) is 87.5 Å². The minimum Gasteiger partial charge on any atom is -0.455 e. The SMILES string of the molecule is CC1(C)CCC(C)(C)c2cc(-c3cccc4c3oc3cccc(-c5nc(-c6cccc(-n7c8ccccc8c8ccccc87)c6)nc(-c6ccc7ccccc7c6)n5)c34)ccc21. The molecule has 0 fully saturated rings. The lowest BCUT2D eigenvalue weighted by atomic mass is 9.63. The molecule has 12 rings (SSSR count). The third kappa shape index (κ3) is 5.72. The molecule has 0 radical (unpaired) electrons. The fourth-order valence-electron chi connectivity index (χ4n) is 10.1. The molecule has 62 heavy (non-hydrogen) atoms. The van der Waals surface area contributed by atoms with Crippen LogP contribution in [0.4, 0.5) is 0 Å². The van der Waals surface area contributed by atoms with Gasteiger partial charge < -0.3 is 8.98 Å². The highest BCUT2D eigenvalue weighted by Crippen LogP contribution is 2.48. The van der Waals surface area contributed by atoms with E-state index in [9.17, 15) is 0 Å². The molecule has 0 atom stereocenters. The van der Waals surface area contributed by atoms with Crippen molar-refractivity contribution < 1.29 is 4.42 Å². The van der Waals surface area contributed by atoms with Gasteiger partial charge in [-0.15, -0.1) is 0 Å². The lowest BCUT2D eigenvalue weighted by molar-refractivity contribution is 0.332. The number of hydrogen-bond acceptors (Lipinski definition) is 4. The Labute approximate surface area is 360 Å². The highest BCUT2D eigenvalue weighted by Gasteiger charge is 2.37. The fraction of sp³-hybridized carbons (Fsp3) is 0.140. The van der Waals surface area contributed by atoms with Crippen LogP contribution in [0.3, 0.4) is 0 Å². The van der Waals surface area contributed by atoms with Gasteiger partial charge in [-0.3, -0.25) is 0 Å². The summed E-state index contributed by atoms with van der Waals surface area (Å²) in [5.41, 5.74) is 13.1. The van der Waals surface area contributed by atoms with Crippen LogP contribution in [0.2, 0.25) is 0 Å². The largest absolute Gasteiger partial charge is 0.455 e. The fourth-order valence-corrected chi connectivity index (χ4v) is 10.1. The van der Waals surface area contributed by atoms with Crippen molar-refractivity contribution >= 4 is 54.5 Å². The molecule has 0 amide bonds. The summed E-state index contributed by atoms with van der Waals surface area (Å²) in [6.07, 6.45) is 2.34. The van der Waals surface area contributed by atoms with Gasteiger partial charge in [0.25, 0.3) is 0 Å². The maximum Gasteiger partial charge on any atom is 0.164 e. The van der Waals surface area contributed by atoms with Gasteiger partial charge in [-0.2, -0.15) is 0 Å². The second-order valence-electron chi connectivity index (χ2n) is 18.3. The first-order chi connectivity index (χ1) is 30.2. The summed E-state index contributed by atoms with van der Waals surface area (Å²) in [6.45, 7) is 9.52. The molecule has 0 spiro atoms. The summed E-state index contributed by atoms with van der Waals surface area (Å²) >= 11 is 0. The van der Waals surface area contributed by atoms with Crippen molar-refractivity contribution in [3.63, 3.8) is 0 Å². The van der Waals surface area contributed by atoms with E-state index in [1.807, 2.05) is 6.07 Å². The van der Waals surface area contributed by atoms with Crippen LogP contribution in [0.25, 0.3) is 105 Å². The first kappa shape index (κ1) is 36.5. The van der Waals surface area contributed by atoms with Gasteiger partial charge in [0.05, 0.1) is 11.0 Å². The molecule has 0 N–H and O–H groups in total. The average Bonchev–Trinajstić information content (AvgIpc) is 3.86. The molecule has 1 aliphatic rings. The molecule has 3 aromatic heterocycles. The van der Waals surface area contributed by atoms with Crippen molar-refractivity contribution in [1.29, 1.82) is 0 Å². The highest BCUT2D eigenvalue weighted by atomic mass is 16.3. The number of benzene rings is 8. The summed E-state index contributed by atoms with van der Waals surface area (Å²) in [4.78, 5) is 15.9. The molecule has 0 bridgehead atoms. The lowest BCUT2D eigenvalue weighted by Crippen LogP contribution is -2.33. The van der Waals surface area contributed by atoms with Crippen LogP contribution in [-0.4, -0.2) is 19.5 Å². The zero-order valence-electron chi connectivity index (χ0n) is 35.3. The Morgan fingerprint density at radius 3 is 1.82 bits per heavy atom. The smallest absolute Gasteiger partial charge is 0.164 e. The van der Waals surface area contributed by atoms with E-state index in [2.05, 4.69) is 196 Å². The van der Waals surface area contributed by atoms with E-state index in [1.165, 1.54) is 39.3 Å². The Hall–Kier alpha value is -7.37.